The van der Waals surface area contributed by atoms with Crippen LogP contribution in [0.2, 0.25) is 0 Å². The SMILES string of the molecule is O=C(c1cc(-c2ccccc2F)no1)N1CCCC1c1ncc(Cc2cccc(F)c2)o1. The van der Waals surface area contributed by atoms with E-state index in [1.807, 2.05) is 6.07 Å². The molecule has 1 atom stereocenters. The van der Waals surface area contributed by atoms with E-state index in [0.717, 1.165) is 12.0 Å². The minimum atomic E-state index is -0.440. The molecule has 32 heavy (non-hydrogen) atoms. The lowest BCUT2D eigenvalue weighted by atomic mass is 10.1. The summed E-state index contributed by atoms with van der Waals surface area (Å²) in [6.45, 7) is 0.515. The Labute approximate surface area is 182 Å². The molecule has 0 spiro atoms. The molecule has 0 radical (unpaired) electrons. The first kappa shape index (κ1) is 20.1. The number of amides is 1. The average Bonchev–Trinajstić information content (AvgIpc) is 3.54. The number of oxazole rings is 1. The molecule has 1 aliphatic rings. The molecule has 3 heterocycles. The van der Waals surface area contributed by atoms with Gasteiger partial charge in [-0.25, -0.2) is 13.8 Å². The van der Waals surface area contributed by atoms with Crippen molar-refractivity contribution < 1.29 is 22.5 Å². The van der Waals surface area contributed by atoms with Gasteiger partial charge in [-0.05, 0) is 42.7 Å². The lowest BCUT2D eigenvalue weighted by molar-refractivity contribution is 0.0672. The van der Waals surface area contributed by atoms with E-state index in [-0.39, 0.29) is 34.8 Å². The molecule has 8 heteroatoms. The largest absolute Gasteiger partial charge is 0.443 e. The summed E-state index contributed by atoms with van der Waals surface area (Å²) in [7, 11) is 0. The number of hydrogen-bond donors (Lipinski definition) is 0. The lowest BCUT2D eigenvalue weighted by Gasteiger charge is -2.20. The summed E-state index contributed by atoms with van der Waals surface area (Å²) >= 11 is 0. The van der Waals surface area contributed by atoms with Gasteiger partial charge in [0.25, 0.3) is 5.91 Å². The standard InChI is InChI=1S/C24H19F2N3O3/c25-16-6-3-5-15(11-16)12-17-14-27-23(31-17)21-9-4-10-29(21)24(30)22-13-20(28-32-22)18-7-1-2-8-19(18)26/h1-3,5-8,11,13-14,21H,4,9-10,12H2. The molecule has 162 valence electrons. The van der Waals surface area contributed by atoms with Crippen molar-refractivity contribution >= 4 is 5.91 Å². The molecule has 0 bridgehead atoms. The molecule has 6 nitrogen and oxygen atoms in total. The van der Waals surface area contributed by atoms with Crippen molar-refractivity contribution in [3.8, 4) is 11.3 Å². The van der Waals surface area contributed by atoms with Crippen molar-refractivity contribution in [2.75, 3.05) is 6.54 Å². The van der Waals surface area contributed by atoms with Crippen LogP contribution in [0.25, 0.3) is 11.3 Å². The molecule has 1 amide bonds. The number of benzene rings is 2. The fraction of sp³-hybridized carbons (Fsp3) is 0.208. The van der Waals surface area contributed by atoms with Gasteiger partial charge in [0, 0.05) is 24.6 Å². The third-order valence-corrected chi connectivity index (χ3v) is 5.51. The maximum Gasteiger partial charge on any atom is 0.293 e. The third kappa shape index (κ3) is 3.91. The molecule has 4 aromatic rings. The Balaban J connectivity index is 1.33. The van der Waals surface area contributed by atoms with Crippen LogP contribution >= 0.6 is 0 Å². The van der Waals surface area contributed by atoms with Gasteiger partial charge in [0.1, 0.15) is 29.1 Å². The van der Waals surface area contributed by atoms with E-state index in [1.165, 1.54) is 24.3 Å². The van der Waals surface area contributed by atoms with Crippen LogP contribution in [-0.4, -0.2) is 27.5 Å². The number of likely N-dealkylation sites (tertiary alicyclic amines) is 1. The number of carbonyl (C=O) groups is 1. The predicted molar refractivity (Wildman–Crippen MR) is 111 cm³/mol. The number of halogens is 2. The van der Waals surface area contributed by atoms with Crippen LogP contribution < -0.4 is 0 Å². The predicted octanol–water partition coefficient (Wildman–Crippen LogP) is 5.18. The second-order valence-electron chi connectivity index (χ2n) is 7.68. The molecule has 2 aromatic carbocycles. The zero-order valence-electron chi connectivity index (χ0n) is 17.0. The summed E-state index contributed by atoms with van der Waals surface area (Å²) in [5.74, 6) is -0.0577. The first-order valence-corrected chi connectivity index (χ1v) is 10.3. The van der Waals surface area contributed by atoms with Crippen LogP contribution in [0.1, 0.15) is 46.7 Å². The third-order valence-electron chi connectivity index (χ3n) is 5.51. The van der Waals surface area contributed by atoms with E-state index in [0.29, 0.717) is 31.0 Å². The fourth-order valence-electron chi connectivity index (χ4n) is 3.99. The number of rotatable bonds is 5. The van der Waals surface area contributed by atoms with E-state index in [9.17, 15) is 13.6 Å². The maximum absolute atomic E-state index is 14.0. The van der Waals surface area contributed by atoms with E-state index < -0.39 is 5.82 Å². The molecular formula is C24H19F2N3O3. The minimum Gasteiger partial charge on any atom is -0.443 e. The van der Waals surface area contributed by atoms with E-state index in [4.69, 9.17) is 8.94 Å². The van der Waals surface area contributed by atoms with Crippen LogP contribution in [0.5, 0.6) is 0 Å². The topological polar surface area (TPSA) is 72.4 Å². The highest BCUT2D eigenvalue weighted by Crippen LogP contribution is 2.34. The van der Waals surface area contributed by atoms with Crippen LogP contribution in [0.3, 0.4) is 0 Å². The maximum atomic E-state index is 14.0. The molecule has 1 aliphatic heterocycles. The van der Waals surface area contributed by atoms with Crippen molar-refractivity contribution in [2.45, 2.75) is 25.3 Å². The molecule has 1 fully saturated rings. The molecule has 1 saturated heterocycles. The Bertz CT molecular complexity index is 1270. The number of carbonyl (C=O) groups excluding carboxylic acids is 1. The van der Waals surface area contributed by atoms with Gasteiger partial charge in [-0.2, -0.15) is 0 Å². The van der Waals surface area contributed by atoms with E-state index >= 15 is 0 Å². The molecule has 1 unspecified atom stereocenters. The zero-order chi connectivity index (χ0) is 22.1. The Hall–Kier alpha value is -3.81. The zero-order valence-corrected chi connectivity index (χ0v) is 17.0. The first-order valence-electron chi connectivity index (χ1n) is 10.3. The van der Waals surface area contributed by atoms with Crippen LogP contribution in [-0.2, 0) is 6.42 Å². The normalized spacial score (nSPS) is 15.9. The van der Waals surface area contributed by atoms with Crippen LogP contribution in [0.15, 0.2) is 69.7 Å². The summed E-state index contributed by atoms with van der Waals surface area (Å²) in [6, 6.07) is 13.6. The van der Waals surface area contributed by atoms with Gasteiger partial charge in [0.2, 0.25) is 11.7 Å². The Kier molecular flexibility index (Phi) is 5.26. The van der Waals surface area contributed by atoms with Crippen molar-refractivity contribution in [3.05, 3.63) is 95.4 Å². The summed E-state index contributed by atoms with van der Waals surface area (Å²) in [4.78, 5) is 19.1. The van der Waals surface area contributed by atoms with Gasteiger partial charge in [-0.15, -0.1) is 0 Å². The van der Waals surface area contributed by atoms with E-state index in [1.54, 1.807) is 35.4 Å². The average molecular weight is 435 g/mol. The minimum absolute atomic E-state index is 0.0293. The quantitative estimate of drug-likeness (QED) is 0.432. The van der Waals surface area contributed by atoms with Gasteiger partial charge < -0.3 is 13.8 Å². The Morgan fingerprint density at radius 3 is 2.84 bits per heavy atom. The smallest absolute Gasteiger partial charge is 0.293 e. The lowest BCUT2D eigenvalue weighted by Crippen LogP contribution is -2.30. The summed E-state index contributed by atoms with van der Waals surface area (Å²) < 4.78 is 38.6. The van der Waals surface area contributed by atoms with Crippen molar-refractivity contribution in [1.29, 1.82) is 0 Å². The van der Waals surface area contributed by atoms with Crippen molar-refractivity contribution in [3.63, 3.8) is 0 Å². The molecule has 0 saturated carbocycles. The van der Waals surface area contributed by atoms with Gasteiger partial charge >= 0.3 is 0 Å². The summed E-state index contributed by atoms with van der Waals surface area (Å²) in [6.07, 6.45) is 3.48. The van der Waals surface area contributed by atoms with Gasteiger partial charge in [0.15, 0.2) is 0 Å². The molecular weight excluding hydrogens is 416 g/mol. The van der Waals surface area contributed by atoms with Crippen LogP contribution in [0, 0.1) is 11.6 Å². The van der Waals surface area contributed by atoms with Crippen LogP contribution in [0.4, 0.5) is 8.78 Å². The molecule has 5 rings (SSSR count). The molecule has 0 N–H and O–H groups in total. The summed E-state index contributed by atoms with van der Waals surface area (Å²) in [5.41, 5.74) is 1.30. The first-order chi connectivity index (χ1) is 15.6. The van der Waals surface area contributed by atoms with Gasteiger partial charge in [-0.3, -0.25) is 4.79 Å². The highest BCUT2D eigenvalue weighted by molar-refractivity contribution is 5.92. The van der Waals surface area contributed by atoms with E-state index in [2.05, 4.69) is 10.1 Å². The number of aromatic nitrogens is 2. The Morgan fingerprint density at radius 1 is 1.12 bits per heavy atom. The van der Waals surface area contributed by atoms with Crippen molar-refractivity contribution in [1.82, 2.24) is 15.0 Å². The molecule has 2 aromatic heterocycles. The second kappa shape index (κ2) is 8.37. The second-order valence-corrected chi connectivity index (χ2v) is 7.68. The molecule has 0 aliphatic carbocycles. The number of hydrogen-bond acceptors (Lipinski definition) is 5. The fourth-order valence-corrected chi connectivity index (χ4v) is 3.99. The summed E-state index contributed by atoms with van der Waals surface area (Å²) in [5, 5.41) is 3.86. The number of nitrogens with zero attached hydrogens (tertiary/aromatic N) is 3. The Morgan fingerprint density at radius 2 is 2.00 bits per heavy atom. The monoisotopic (exact) mass is 435 g/mol. The van der Waals surface area contributed by atoms with Gasteiger partial charge in [-0.1, -0.05) is 29.4 Å². The van der Waals surface area contributed by atoms with Gasteiger partial charge in [0.05, 0.1) is 6.20 Å². The van der Waals surface area contributed by atoms with Crippen molar-refractivity contribution in [2.24, 2.45) is 0 Å². The highest BCUT2D eigenvalue weighted by Gasteiger charge is 2.35. The highest BCUT2D eigenvalue weighted by atomic mass is 19.1.